The van der Waals surface area contributed by atoms with Gasteiger partial charge in [-0.3, -0.25) is 14.9 Å². The molecule has 6 nitrogen and oxygen atoms in total. The molecule has 0 heterocycles. The predicted molar refractivity (Wildman–Crippen MR) is 79.6 cm³/mol. The molecule has 0 spiro atoms. The number of nitrogen functional groups attached to an aromatic ring is 1. The maximum Gasteiger partial charge on any atom is 0.283 e. The maximum atomic E-state index is 12.0. The molecule has 0 aliphatic heterocycles. The van der Waals surface area contributed by atoms with Gasteiger partial charge in [-0.1, -0.05) is 0 Å². The third-order valence-electron chi connectivity index (χ3n) is 2.58. The van der Waals surface area contributed by atoms with Crippen molar-refractivity contribution in [3.8, 4) is 0 Å². The number of nitro benzene ring substituents is 1. The monoisotopic (exact) mass is 335 g/mol. The number of benzene rings is 2. The molecule has 0 bridgehead atoms. The van der Waals surface area contributed by atoms with Crippen LogP contribution in [0.2, 0.25) is 0 Å². The van der Waals surface area contributed by atoms with E-state index in [1.165, 1.54) is 18.2 Å². The van der Waals surface area contributed by atoms with Crippen molar-refractivity contribution in [1.29, 1.82) is 0 Å². The zero-order chi connectivity index (χ0) is 14.7. The van der Waals surface area contributed by atoms with Crippen molar-refractivity contribution in [3.05, 3.63) is 62.6 Å². The predicted octanol–water partition coefficient (Wildman–Crippen LogP) is 3.19. The molecule has 0 aliphatic carbocycles. The van der Waals surface area contributed by atoms with Gasteiger partial charge in [-0.25, -0.2) is 0 Å². The molecule has 0 saturated heterocycles. The van der Waals surface area contributed by atoms with Crippen molar-refractivity contribution >= 4 is 38.9 Å². The van der Waals surface area contributed by atoms with Crippen LogP contribution in [-0.4, -0.2) is 10.8 Å². The fourth-order valence-corrected chi connectivity index (χ4v) is 2.09. The van der Waals surface area contributed by atoms with Gasteiger partial charge >= 0.3 is 0 Å². The van der Waals surface area contributed by atoms with Gasteiger partial charge in [0.1, 0.15) is 0 Å². The lowest BCUT2D eigenvalue weighted by Crippen LogP contribution is -2.11. The number of hydrogen-bond acceptors (Lipinski definition) is 4. The minimum atomic E-state index is -0.504. The van der Waals surface area contributed by atoms with Crippen LogP contribution in [0.15, 0.2) is 46.9 Å². The summed E-state index contributed by atoms with van der Waals surface area (Å²) in [5, 5.41) is 13.3. The van der Waals surface area contributed by atoms with E-state index < -0.39 is 4.92 Å². The van der Waals surface area contributed by atoms with Crippen LogP contribution < -0.4 is 11.1 Å². The highest BCUT2D eigenvalue weighted by molar-refractivity contribution is 9.10. The number of rotatable bonds is 3. The molecule has 0 atom stereocenters. The third-order valence-corrected chi connectivity index (χ3v) is 3.21. The summed E-state index contributed by atoms with van der Waals surface area (Å²) in [5.41, 5.74) is 6.97. The Bertz CT molecular complexity index is 671. The van der Waals surface area contributed by atoms with Gasteiger partial charge in [0.2, 0.25) is 0 Å². The molecule has 2 aromatic rings. The quantitative estimate of drug-likeness (QED) is 0.511. The van der Waals surface area contributed by atoms with Crippen LogP contribution in [0.5, 0.6) is 0 Å². The zero-order valence-electron chi connectivity index (χ0n) is 10.2. The number of nitrogens with one attached hydrogen (secondary N) is 1. The Hall–Kier alpha value is -2.41. The summed E-state index contributed by atoms with van der Waals surface area (Å²) < 4.78 is 0.303. The van der Waals surface area contributed by atoms with Crippen LogP contribution in [0, 0.1) is 10.1 Å². The second kappa shape index (κ2) is 5.70. The molecule has 0 saturated carbocycles. The largest absolute Gasteiger partial charge is 0.399 e. The van der Waals surface area contributed by atoms with Crippen LogP contribution in [0.25, 0.3) is 0 Å². The molecule has 0 fully saturated rings. The van der Waals surface area contributed by atoms with Crippen molar-refractivity contribution in [2.75, 3.05) is 11.1 Å². The molecular weight excluding hydrogens is 326 g/mol. The average Bonchev–Trinajstić information content (AvgIpc) is 2.39. The summed E-state index contributed by atoms with van der Waals surface area (Å²) in [6, 6.07) is 10.7. The highest BCUT2D eigenvalue weighted by Crippen LogP contribution is 2.27. The van der Waals surface area contributed by atoms with Crippen LogP contribution in [-0.2, 0) is 0 Å². The van der Waals surface area contributed by atoms with Gasteiger partial charge in [0, 0.05) is 23.0 Å². The van der Waals surface area contributed by atoms with E-state index in [2.05, 4.69) is 21.2 Å². The van der Waals surface area contributed by atoms with E-state index in [1.54, 1.807) is 24.3 Å². The highest BCUT2D eigenvalue weighted by Gasteiger charge is 2.13. The van der Waals surface area contributed by atoms with E-state index in [4.69, 9.17) is 5.73 Å². The molecule has 0 aliphatic rings. The Morgan fingerprint density at radius 3 is 2.40 bits per heavy atom. The Kier molecular flexibility index (Phi) is 3.99. The van der Waals surface area contributed by atoms with Gasteiger partial charge in [-0.2, -0.15) is 0 Å². The second-order valence-corrected chi connectivity index (χ2v) is 4.85. The van der Waals surface area contributed by atoms with Crippen molar-refractivity contribution in [1.82, 2.24) is 0 Å². The van der Waals surface area contributed by atoms with Gasteiger partial charge < -0.3 is 11.1 Å². The fraction of sp³-hybridized carbons (Fsp3) is 0. The Balaban J connectivity index is 2.18. The SMILES string of the molecule is Nc1ccc(C(=O)Nc2ccc([N+](=O)[O-])c(Br)c2)cc1. The van der Waals surface area contributed by atoms with Crippen LogP contribution in [0.4, 0.5) is 17.1 Å². The molecule has 2 rings (SSSR count). The molecule has 3 N–H and O–H groups in total. The van der Waals surface area contributed by atoms with Crippen molar-refractivity contribution < 1.29 is 9.72 Å². The topological polar surface area (TPSA) is 98.3 Å². The standard InChI is InChI=1S/C13H10BrN3O3/c14-11-7-10(5-6-12(11)17(19)20)16-13(18)8-1-3-9(15)4-2-8/h1-7H,15H2,(H,16,18). The van der Waals surface area contributed by atoms with Gasteiger partial charge in [0.25, 0.3) is 11.6 Å². The maximum absolute atomic E-state index is 12.0. The Morgan fingerprint density at radius 2 is 1.85 bits per heavy atom. The lowest BCUT2D eigenvalue weighted by atomic mass is 10.2. The van der Waals surface area contributed by atoms with Gasteiger partial charge in [-0.05, 0) is 52.3 Å². The summed E-state index contributed by atoms with van der Waals surface area (Å²) in [6.07, 6.45) is 0. The molecule has 7 heteroatoms. The van der Waals surface area contributed by atoms with Gasteiger partial charge in [-0.15, -0.1) is 0 Å². The van der Waals surface area contributed by atoms with Crippen LogP contribution >= 0.6 is 15.9 Å². The number of nitrogens with zero attached hydrogens (tertiary/aromatic N) is 1. The molecular formula is C13H10BrN3O3. The number of halogens is 1. The number of anilines is 2. The highest BCUT2D eigenvalue weighted by atomic mass is 79.9. The minimum absolute atomic E-state index is 0.0597. The third kappa shape index (κ3) is 3.12. The molecule has 2 aromatic carbocycles. The summed E-state index contributed by atoms with van der Waals surface area (Å²) in [7, 11) is 0. The number of carbonyl (C=O) groups is 1. The second-order valence-electron chi connectivity index (χ2n) is 4.00. The van der Waals surface area contributed by atoms with Crippen molar-refractivity contribution in [2.45, 2.75) is 0 Å². The van der Waals surface area contributed by atoms with E-state index in [9.17, 15) is 14.9 Å². The van der Waals surface area contributed by atoms with Gasteiger partial charge in [0.05, 0.1) is 9.40 Å². The zero-order valence-corrected chi connectivity index (χ0v) is 11.8. The first-order valence-corrected chi connectivity index (χ1v) is 6.37. The normalized spacial score (nSPS) is 10.1. The first-order valence-electron chi connectivity index (χ1n) is 5.58. The minimum Gasteiger partial charge on any atom is -0.399 e. The van der Waals surface area contributed by atoms with Crippen molar-refractivity contribution in [2.24, 2.45) is 0 Å². The van der Waals surface area contributed by atoms with E-state index in [0.717, 1.165) is 0 Å². The number of hydrogen-bond donors (Lipinski definition) is 2. The van der Waals surface area contributed by atoms with E-state index in [-0.39, 0.29) is 11.6 Å². The molecule has 0 radical (unpaired) electrons. The first-order chi connectivity index (χ1) is 9.47. The number of nitro groups is 1. The van der Waals surface area contributed by atoms with E-state index in [0.29, 0.717) is 21.4 Å². The lowest BCUT2D eigenvalue weighted by molar-refractivity contribution is -0.385. The molecule has 102 valence electrons. The number of nitrogens with two attached hydrogens (primary N) is 1. The summed E-state index contributed by atoms with van der Waals surface area (Å²) in [5.74, 6) is -0.314. The van der Waals surface area contributed by atoms with E-state index in [1.807, 2.05) is 0 Å². The molecule has 1 amide bonds. The molecule has 0 unspecified atom stereocenters. The number of amides is 1. The Labute approximate surface area is 122 Å². The summed E-state index contributed by atoms with van der Waals surface area (Å²) >= 11 is 3.09. The molecule has 20 heavy (non-hydrogen) atoms. The summed E-state index contributed by atoms with van der Waals surface area (Å²) in [4.78, 5) is 22.1. The summed E-state index contributed by atoms with van der Waals surface area (Å²) in [6.45, 7) is 0. The van der Waals surface area contributed by atoms with E-state index >= 15 is 0 Å². The first kappa shape index (κ1) is 14.0. The number of carbonyl (C=O) groups excluding carboxylic acids is 1. The van der Waals surface area contributed by atoms with Crippen LogP contribution in [0.1, 0.15) is 10.4 Å². The lowest BCUT2D eigenvalue weighted by Gasteiger charge is -2.06. The Morgan fingerprint density at radius 1 is 1.20 bits per heavy atom. The smallest absolute Gasteiger partial charge is 0.283 e. The van der Waals surface area contributed by atoms with Crippen molar-refractivity contribution in [3.63, 3.8) is 0 Å². The molecule has 0 aromatic heterocycles. The average molecular weight is 336 g/mol. The van der Waals surface area contributed by atoms with Gasteiger partial charge in [0.15, 0.2) is 0 Å². The van der Waals surface area contributed by atoms with Crippen LogP contribution in [0.3, 0.4) is 0 Å². The fourth-order valence-electron chi connectivity index (χ4n) is 1.57.